The Hall–Kier alpha value is -0.0600. The van der Waals surface area contributed by atoms with E-state index < -0.39 is 0 Å². The van der Waals surface area contributed by atoms with E-state index in [2.05, 4.69) is 43.2 Å². The second-order valence-electron chi connectivity index (χ2n) is 4.96. The SMILES string of the molecule is CCNC1(c2nc(C(C)C)cs2)CCSCC1. The van der Waals surface area contributed by atoms with Gasteiger partial charge in [-0.1, -0.05) is 20.8 Å². The molecule has 1 aromatic heterocycles. The van der Waals surface area contributed by atoms with Crippen LogP contribution in [0.2, 0.25) is 0 Å². The number of nitrogens with zero attached hydrogens (tertiary/aromatic N) is 1. The summed E-state index contributed by atoms with van der Waals surface area (Å²) in [6.45, 7) is 7.66. The summed E-state index contributed by atoms with van der Waals surface area (Å²) in [6, 6.07) is 0. The summed E-state index contributed by atoms with van der Waals surface area (Å²) in [7, 11) is 0. The normalized spacial score (nSPS) is 19.8. The molecule has 0 spiro atoms. The van der Waals surface area contributed by atoms with Gasteiger partial charge in [-0.15, -0.1) is 11.3 Å². The number of nitrogens with one attached hydrogen (secondary N) is 1. The Morgan fingerprint density at radius 1 is 1.41 bits per heavy atom. The van der Waals surface area contributed by atoms with Crippen LogP contribution in [0, 0.1) is 0 Å². The molecule has 2 rings (SSSR count). The maximum Gasteiger partial charge on any atom is 0.113 e. The average molecular weight is 270 g/mol. The first-order valence-electron chi connectivity index (χ1n) is 6.46. The molecular weight excluding hydrogens is 248 g/mol. The summed E-state index contributed by atoms with van der Waals surface area (Å²) in [6.07, 6.45) is 2.44. The van der Waals surface area contributed by atoms with Crippen LogP contribution in [-0.4, -0.2) is 23.0 Å². The number of thioether (sulfide) groups is 1. The predicted molar refractivity (Wildman–Crippen MR) is 78.1 cm³/mol. The third-order valence-corrected chi connectivity index (χ3v) is 5.43. The van der Waals surface area contributed by atoms with E-state index in [1.54, 1.807) is 0 Å². The van der Waals surface area contributed by atoms with E-state index in [9.17, 15) is 0 Å². The Bertz CT molecular complexity index is 349. The standard InChI is InChI=1S/C13H22N2S2/c1-4-14-13(5-7-16-8-6-13)12-15-11(9-17-12)10(2)3/h9-10,14H,4-8H2,1-3H3. The number of hydrogen-bond acceptors (Lipinski definition) is 4. The summed E-state index contributed by atoms with van der Waals surface area (Å²) >= 11 is 3.91. The van der Waals surface area contributed by atoms with Gasteiger partial charge in [0.2, 0.25) is 0 Å². The van der Waals surface area contributed by atoms with Gasteiger partial charge in [-0.05, 0) is 36.8 Å². The van der Waals surface area contributed by atoms with Gasteiger partial charge in [-0.3, -0.25) is 0 Å². The lowest BCUT2D eigenvalue weighted by atomic mass is 9.93. The van der Waals surface area contributed by atoms with E-state index in [1.165, 1.54) is 35.0 Å². The summed E-state index contributed by atoms with van der Waals surface area (Å²) in [5, 5.41) is 7.25. The zero-order valence-corrected chi connectivity index (χ0v) is 12.6. The maximum absolute atomic E-state index is 4.87. The Morgan fingerprint density at radius 2 is 2.12 bits per heavy atom. The molecule has 1 aliphatic rings. The van der Waals surface area contributed by atoms with E-state index in [0.29, 0.717) is 5.92 Å². The highest BCUT2D eigenvalue weighted by Crippen LogP contribution is 2.38. The minimum absolute atomic E-state index is 0.164. The van der Waals surface area contributed by atoms with Crippen molar-refractivity contribution < 1.29 is 0 Å². The van der Waals surface area contributed by atoms with Crippen LogP contribution in [0.5, 0.6) is 0 Å². The molecule has 0 aromatic carbocycles. The number of aromatic nitrogens is 1. The largest absolute Gasteiger partial charge is 0.306 e. The molecule has 96 valence electrons. The van der Waals surface area contributed by atoms with Crippen molar-refractivity contribution in [2.24, 2.45) is 0 Å². The Morgan fingerprint density at radius 3 is 2.65 bits per heavy atom. The lowest BCUT2D eigenvalue weighted by Crippen LogP contribution is -2.45. The first kappa shape index (κ1) is 13.4. The van der Waals surface area contributed by atoms with E-state index in [4.69, 9.17) is 4.98 Å². The smallest absolute Gasteiger partial charge is 0.113 e. The van der Waals surface area contributed by atoms with Gasteiger partial charge in [0.05, 0.1) is 11.2 Å². The highest BCUT2D eigenvalue weighted by Gasteiger charge is 2.36. The van der Waals surface area contributed by atoms with Gasteiger partial charge in [-0.25, -0.2) is 4.98 Å². The van der Waals surface area contributed by atoms with Gasteiger partial charge in [0, 0.05) is 5.38 Å². The maximum atomic E-state index is 4.87. The van der Waals surface area contributed by atoms with Crippen LogP contribution in [0.4, 0.5) is 0 Å². The van der Waals surface area contributed by atoms with Crippen LogP contribution in [0.15, 0.2) is 5.38 Å². The molecule has 0 amide bonds. The third-order valence-electron chi connectivity index (χ3n) is 3.38. The Labute approximate surface area is 113 Å². The molecule has 0 unspecified atom stereocenters. The van der Waals surface area contributed by atoms with Gasteiger partial charge in [0.15, 0.2) is 0 Å². The first-order valence-corrected chi connectivity index (χ1v) is 8.50. The van der Waals surface area contributed by atoms with Gasteiger partial charge >= 0.3 is 0 Å². The fourth-order valence-corrected chi connectivity index (χ4v) is 4.70. The molecule has 0 radical (unpaired) electrons. The summed E-state index contributed by atoms with van der Waals surface area (Å²) < 4.78 is 0. The summed E-state index contributed by atoms with van der Waals surface area (Å²) in [5.41, 5.74) is 1.41. The van der Waals surface area contributed by atoms with E-state index >= 15 is 0 Å². The lowest BCUT2D eigenvalue weighted by molar-refractivity contribution is 0.312. The van der Waals surface area contributed by atoms with Crippen molar-refractivity contribution in [3.05, 3.63) is 16.1 Å². The van der Waals surface area contributed by atoms with E-state index in [-0.39, 0.29) is 5.54 Å². The van der Waals surface area contributed by atoms with Crippen LogP contribution < -0.4 is 5.32 Å². The molecular formula is C13H22N2S2. The molecule has 2 heterocycles. The highest BCUT2D eigenvalue weighted by molar-refractivity contribution is 7.99. The van der Waals surface area contributed by atoms with Crippen molar-refractivity contribution in [3.8, 4) is 0 Å². The van der Waals surface area contributed by atoms with Gasteiger partial charge in [0.25, 0.3) is 0 Å². The molecule has 1 aliphatic heterocycles. The first-order chi connectivity index (χ1) is 8.18. The number of hydrogen-bond donors (Lipinski definition) is 1. The molecule has 1 saturated heterocycles. The molecule has 4 heteroatoms. The zero-order chi connectivity index (χ0) is 12.3. The minimum Gasteiger partial charge on any atom is -0.306 e. The van der Waals surface area contributed by atoms with E-state index in [0.717, 1.165) is 6.54 Å². The molecule has 17 heavy (non-hydrogen) atoms. The molecule has 1 fully saturated rings. The van der Waals surface area contributed by atoms with Crippen LogP contribution in [0.1, 0.15) is 50.2 Å². The van der Waals surface area contributed by atoms with Crippen LogP contribution in [-0.2, 0) is 5.54 Å². The van der Waals surface area contributed by atoms with Crippen molar-refractivity contribution in [2.75, 3.05) is 18.1 Å². The Balaban J connectivity index is 2.24. The molecule has 0 atom stereocenters. The van der Waals surface area contributed by atoms with Gasteiger partial charge in [0.1, 0.15) is 5.01 Å². The van der Waals surface area contributed by atoms with Crippen LogP contribution >= 0.6 is 23.1 Å². The molecule has 1 N–H and O–H groups in total. The van der Waals surface area contributed by atoms with Gasteiger partial charge < -0.3 is 5.32 Å². The molecule has 0 aliphatic carbocycles. The zero-order valence-electron chi connectivity index (χ0n) is 11.0. The van der Waals surface area contributed by atoms with Crippen molar-refractivity contribution in [1.82, 2.24) is 10.3 Å². The fraction of sp³-hybridized carbons (Fsp3) is 0.769. The quantitative estimate of drug-likeness (QED) is 0.905. The molecule has 0 saturated carbocycles. The average Bonchev–Trinajstić information content (AvgIpc) is 2.80. The molecule has 0 bridgehead atoms. The monoisotopic (exact) mass is 270 g/mol. The fourth-order valence-electron chi connectivity index (χ4n) is 2.30. The molecule has 1 aromatic rings. The minimum atomic E-state index is 0.164. The summed E-state index contributed by atoms with van der Waals surface area (Å²) in [4.78, 5) is 4.87. The van der Waals surface area contributed by atoms with Crippen molar-refractivity contribution >= 4 is 23.1 Å². The highest BCUT2D eigenvalue weighted by atomic mass is 32.2. The van der Waals surface area contributed by atoms with Crippen molar-refractivity contribution in [2.45, 2.75) is 45.1 Å². The number of thiazole rings is 1. The number of rotatable bonds is 4. The predicted octanol–water partition coefficient (Wildman–Crippen LogP) is 3.60. The van der Waals surface area contributed by atoms with Crippen LogP contribution in [0.25, 0.3) is 0 Å². The molecule has 2 nitrogen and oxygen atoms in total. The van der Waals surface area contributed by atoms with Gasteiger partial charge in [-0.2, -0.15) is 11.8 Å². The Kier molecular flexibility index (Phi) is 4.50. The third kappa shape index (κ3) is 2.85. The van der Waals surface area contributed by atoms with Crippen molar-refractivity contribution in [3.63, 3.8) is 0 Å². The lowest BCUT2D eigenvalue weighted by Gasteiger charge is -2.36. The van der Waals surface area contributed by atoms with E-state index in [1.807, 2.05) is 11.3 Å². The van der Waals surface area contributed by atoms with Crippen LogP contribution in [0.3, 0.4) is 0 Å². The topological polar surface area (TPSA) is 24.9 Å². The van der Waals surface area contributed by atoms with Crippen molar-refractivity contribution in [1.29, 1.82) is 0 Å². The second-order valence-corrected chi connectivity index (χ2v) is 7.04. The summed E-state index contributed by atoms with van der Waals surface area (Å²) in [5.74, 6) is 3.05. The second kappa shape index (κ2) is 5.72.